The Morgan fingerprint density at radius 2 is 2.20 bits per heavy atom. The molecule has 0 radical (unpaired) electrons. The molecule has 0 aliphatic carbocycles. The number of rotatable bonds is 5. The van der Waals surface area contributed by atoms with Gasteiger partial charge in [-0.2, -0.15) is 0 Å². The van der Waals surface area contributed by atoms with Crippen LogP contribution in [0.15, 0.2) is 23.1 Å². The lowest BCUT2D eigenvalue weighted by Gasteiger charge is -2.10. The van der Waals surface area contributed by atoms with Crippen molar-refractivity contribution in [1.82, 2.24) is 14.8 Å². The third-order valence-corrected chi connectivity index (χ3v) is 4.57. The zero-order valence-corrected chi connectivity index (χ0v) is 11.9. The average Bonchev–Trinajstić information content (AvgIpc) is 2.90. The van der Waals surface area contributed by atoms with E-state index in [0.29, 0.717) is 12.0 Å². The Kier molecular flexibility index (Phi) is 3.95. The normalized spacial score (nSPS) is 11.2. The molecule has 2 aromatic rings. The summed E-state index contributed by atoms with van der Waals surface area (Å²) in [6.07, 6.45) is 0.449. The molecule has 2 N–H and O–H groups in total. The topological polar surface area (TPSA) is 122 Å². The Hall–Kier alpha value is -2.07. The van der Waals surface area contributed by atoms with E-state index in [0.717, 1.165) is 17.6 Å². The lowest BCUT2D eigenvalue weighted by molar-refractivity contribution is 0.0696. The number of aromatic carboxylic acids is 1. The Morgan fingerprint density at radius 3 is 2.75 bits per heavy atom. The number of sulfonamides is 1. The van der Waals surface area contributed by atoms with Crippen LogP contribution in [0.25, 0.3) is 0 Å². The van der Waals surface area contributed by atoms with Gasteiger partial charge in [-0.3, -0.25) is 4.72 Å². The number of hydrogen-bond donors (Lipinski definition) is 2. The highest BCUT2D eigenvalue weighted by molar-refractivity contribution is 7.93. The summed E-state index contributed by atoms with van der Waals surface area (Å²) in [6, 6.07) is 3.97. The first-order chi connectivity index (χ1) is 9.44. The summed E-state index contributed by atoms with van der Waals surface area (Å²) in [5, 5.41) is 15.7. The van der Waals surface area contributed by atoms with Crippen LogP contribution in [0.2, 0.25) is 0 Å². The van der Waals surface area contributed by atoms with E-state index in [9.17, 15) is 13.2 Å². The molecule has 1 heterocycles. The van der Waals surface area contributed by atoms with Crippen molar-refractivity contribution in [3.8, 4) is 0 Å². The minimum Gasteiger partial charge on any atom is -0.478 e. The van der Waals surface area contributed by atoms with Gasteiger partial charge < -0.3 is 5.11 Å². The first kappa shape index (κ1) is 14.3. The molecular weight excluding hydrogens is 304 g/mol. The summed E-state index contributed by atoms with van der Waals surface area (Å²) in [5.74, 6) is -1.19. The number of benzene rings is 1. The highest BCUT2D eigenvalue weighted by atomic mass is 32.2. The third-order valence-electron chi connectivity index (χ3n) is 2.51. The highest BCUT2D eigenvalue weighted by Crippen LogP contribution is 2.22. The summed E-state index contributed by atoms with van der Waals surface area (Å²) in [5.41, 5.74) is 0.415. The van der Waals surface area contributed by atoms with Gasteiger partial charge in [-0.15, -0.1) is 0 Å². The predicted octanol–water partition coefficient (Wildman–Crippen LogP) is 0.994. The van der Waals surface area contributed by atoms with Crippen LogP contribution in [-0.4, -0.2) is 34.3 Å². The van der Waals surface area contributed by atoms with Gasteiger partial charge in [0.25, 0.3) is 10.0 Å². The Morgan fingerprint density at radius 1 is 1.45 bits per heavy atom. The van der Waals surface area contributed by atoms with E-state index in [1.807, 2.05) is 0 Å². The maximum absolute atomic E-state index is 12.3. The van der Waals surface area contributed by atoms with Crippen LogP contribution in [0.5, 0.6) is 0 Å². The van der Waals surface area contributed by atoms with E-state index in [1.54, 1.807) is 6.92 Å². The van der Waals surface area contributed by atoms with E-state index in [2.05, 4.69) is 19.5 Å². The molecule has 0 atom stereocenters. The van der Waals surface area contributed by atoms with Crippen molar-refractivity contribution in [2.45, 2.75) is 18.2 Å². The highest BCUT2D eigenvalue weighted by Gasteiger charge is 2.21. The summed E-state index contributed by atoms with van der Waals surface area (Å²) < 4.78 is 30.2. The molecule has 0 saturated heterocycles. The average molecular weight is 314 g/mol. The molecule has 0 aliphatic rings. The number of aryl methyl sites for hydroxylation is 1. The van der Waals surface area contributed by atoms with Gasteiger partial charge in [0.2, 0.25) is 5.13 Å². The molecule has 8 nitrogen and oxygen atoms in total. The standard InChI is InChI=1S/C10H10N4O4S2/c1-2-6-3-4-7(9(15)16)5-8(6)20(17,18)12-10-11-13-14-19-10/h3-5H,2H2,1H3,(H,15,16)(H,11,12,14). The number of anilines is 1. The smallest absolute Gasteiger partial charge is 0.335 e. The molecule has 0 fully saturated rings. The van der Waals surface area contributed by atoms with E-state index < -0.39 is 16.0 Å². The quantitative estimate of drug-likeness (QED) is 0.843. The van der Waals surface area contributed by atoms with Crippen LogP contribution < -0.4 is 4.72 Å². The van der Waals surface area contributed by atoms with E-state index in [1.165, 1.54) is 12.1 Å². The Labute approximate surface area is 118 Å². The molecule has 0 bridgehead atoms. The molecule has 0 spiro atoms. The van der Waals surface area contributed by atoms with Crippen molar-refractivity contribution in [2.24, 2.45) is 0 Å². The lowest BCUT2D eigenvalue weighted by atomic mass is 10.1. The molecular formula is C10H10N4O4S2. The van der Waals surface area contributed by atoms with Crippen molar-refractivity contribution in [3.05, 3.63) is 29.3 Å². The summed E-state index contributed by atoms with van der Waals surface area (Å²) >= 11 is 0.790. The number of carbonyl (C=O) groups is 1. The minimum atomic E-state index is -3.93. The van der Waals surface area contributed by atoms with E-state index in [4.69, 9.17) is 5.11 Å². The number of carboxylic acids is 1. The monoisotopic (exact) mass is 314 g/mol. The molecule has 20 heavy (non-hydrogen) atoms. The zero-order chi connectivity index (χ0) is 14.8. The largest absolute Gasteiger partial charge is 0.478 e. The van der Waals surface area contributed by atoms with Crippen molar-refractivity contribution < 1.29 is 18.3 Å². The van der Waals surface area contributed by atoms with Gasteiger partial charge in [0.15, 0.2) is 0 Å². The van der Waals surface area contributed by atoms with Gasteiger partial charge in [-0.05, 0) is 29.3 Å². The van der Waals surface area contributed by atoms with Crippen LogP contribution >= 0.6 is 11.5 Å². The van der Waals surface area contributed by atoms with Gasteiger partial charge in [0, 0.05) is 11.5 Å². The second-order valence-electron chi connectivity index (χ2n) is 3.75. The number of aromatic nitrogens is 3. The minimum absolute atomic E-state index is 0.0211. The molecule has 10 heteroatoms. The van der Waals surface area contributed by atoms with Crippen LogP contribution in [0.3, 0.4) is 0 Å². The molecule has 0 saturated carbocycles. The first-order valence-corrected chi connectivity index (χ1v) is 7.73. The van der Waals surface area contributed by atoms with Gasteiger partial charge in [-0.1, -0.05) is 22.6 Å². The van der Waals surface area contributed by atoms with Crippen molar-refractivity contribution in [3.63, 3.8) is 0 Å². The first-order valence-electron chi connectivity index (χ1n) is 5.48. The van der Waals surface area contributed by atoms with Gasteiger partial charge in [0.05, 0.1) is 10.5 Å². The Balaban J connectivity index is 2.48. The Bertz CT molecular complexity index is 728. The van der Waals surface area contributed by atoms with E-state index >= 15 is 0 Å². The third kappa shape index (κ3) is 2.91. The summed E-state index contributed by atoms with van der Waals surface area (Å²) in [6.45, 7) is 1.78. The summed E-state index contributed by atoms with van der Waals surface area (Å²) in [7, 11) is -3.93. The second-order valence-corrected chi connectivity index (χ2v) is 6.14. The fourth-order valence-corrected chi connectivity index (χ4v) is 3.49. The summed E-state index contributed by atoms with van der Waals surface area (Å²) in [4.78, 5) is 10.9. The maximum atomic E-state index is 12.3. The number of nitrogens with one attached hydrogen (secondary N) is 1. The van der Waals surface area contributed by atoms with Crippen LogP contribution in [0.1, 0.15) is 22.8 Å². The lowest BCUT2D eigenvalue weighted by Crippen LogP contribution is -2.16. The number of carboxylic acid groups (broad SMARTS) is 1. The zero-order valence-electron chi connectivity index (χ0n) is 10.3. The number of nitrogens with zero attached hydrogens (tertiary/aromatic N) is 3. The molecule has 0 aliphatic heterocycles. The fourth-order valence-electron chi connectivity index (χ4n) is 1.57. The molecule has 2 rings (SSSR count). The SMILES string of the molecule is CCc1ccc(C(=O)O)cc1S(=O)(=O)Nc1nnns1. The molecule has 0 amide bonds. The molecule has 1 aromatic carbocycles. The molecule has 0 unspecified atom stereocenters. The molecule has 106 valence electrons. The van der Waals surface area contributed by atoms with Crippen LogP contribution in [0.4, 0.5) is 5.13 Å². The molecule has 1 aromatic heterocycles. The van der Waals surface area contributed by atoms with Crippen LogP contribution in [-0.2, 0) is 16.4 Å². The van der Waals surface area contributed by atoms with Crippen LogP contribution in [0, 0.1) is 0 Å². The second kappa shape index (κ2) is 5.51. The van der Waals surface area contributed by atoms with Crippen molar-refractivity contribution in [2.75, 3.05) is 4.72 Å². The van der Waals surface area contributed by atoms with Crippen molar-refractivity contribution >= 4 is 32.7 Å². The van der Waals surface area contributed by atoms with Crippen molar-refractivity contribution in [1.29, 1.82) is 0 Å². The number of hydrogen-bond acceptors (Lipinski definition) is 7. The predicted molar refractivity (Wildman–Crippen MR) is 71.3 cm³/mol. The van der Waals surface area contributed by atoms with E-state index in [-0.39, 0.29) is 15.6 Å². The van der Waals surface area contributed by atoms with Gasteiger partial charge in [0.1, 0.15) is 0 Å². The van der Waals surface area contributed by atoms with Gasteiger partial charge >= 0.3 is 5.97 Å². The maximum Gasteiger partial charge on any atom is 0.335 e. The van der Waals surface area contributed by atoms with Gasteiger partial charge in [-0.25, -0.2) is 13.2 Å². The fraction of sp³-hybridized carbons (Fsp3) is 0.200.